The van der Waals surface area contributed by atoms with E-state index in [1.54, 1.807) is 6.42 Å². The minimum absolute atomic E-state index is 1.04. The molecule has 0 radical (unpaired) electrons. The molecule has 2 aliphatic rings. The van der Waals surface area contributed by atoms with E-state index in [4.69, 9.17) is 0 Å². The summed E-state index contributed by atoms with van der Waals surface area (Å²) in [5.41, 5.74) is 0. The van der Waals surface area contributed by atoms with E-state index in [1.807, 2.05) is 0 Å². The van der Waals surface area contributed by atoms with Crippen LogP contribution in [-0.2, 0) is 0 Å². The summed E-state index contributed by atoms with van der Waals surface area (Å²) in [6.45, 7) is 7.29. The summed E-state index contributed by atoms with van der Waals surface area (Å²) in [6.07, 6.45) is 7.43. The zero-order valence-corrected chi connectivity index (χ0v) is 9.42. The van der Waals surface area contributed by atoms with Gasteiger partial charge in [0.25, 0.3) is 0 Å². The predicted octanol–water partition coefficient (Wildman–Crippen LogP) is 4.10. The molecular weight excluding hydrogens is 156 g/mol. The van der Waals surface area contributed by atoms with Gasteiger partial charge in [0.05, 0.1) is 0 Å². The Kier molecular flexibility index (Phi) is 2.67. The number of unbranched alkanes of at least 4 members (excludes halogenated alkanes) is 1. The lowest BCUT2D eigenvalue weighted by molar-refractivity contribution is -0.0118. The fourth-order valence-corrected chi connectivity index (χ4v) is 4.12. The second-order valence-electron chi connectivity index (χ2n) is 5.46. The molecule has 0 aliphatic heterocycles. The highest BCUT2D eigenvalue weighted by Gasteiger charge is 2.51. The van der Waals surface area contributed by atoms with Crippen molar-refractivity contribution in [3.63, 3.8) is 0 Å². The molecule has 0 aromatic carbocycles. The van der Waals surface area contributed by atoms with E-state index in [2.05, 4.69) is 20.8 Å². The summed E-state index contributed by atoms with van der Waals surface area (Å²) in [5.74, 6) is 5.44. The molecule has 2 rings (SSSR count). The molecule has 0 spiro atoms. The highest BCUT2D eigenvalue weighted by Crippen LogP contribution is 2.59. The first kappa shape index (κ1) is 9.55. The standard InChI is InChI=1S/C13H24/c1-4-5-6-11-10(3)13-9(2)7-8-12(11)13/h9-13H,4-8H2,1-3H3. The van der Waals surface area contributed by atoms with E-state index in [1.165, 1.54) is 25.7 Å². The van der Waals surface area contributed by atoms with Crippen LogP contribution in [0.1, 0.15) is 52.9 Å². The normalized spacial score (nSPS) is 48.7. The predicted molar refractivity (Wildman–Crippen MR) is 57.6 cm³/mol. The van der Waals surface area contributed by atoms with Gasteiger partial charge < -0.3 is 0 Å². The van der Waals surface area contributed by atoms with Gasteiger partial charge in [0.2, 0.25) is 0 Å². The maximum Gasteiger partial charge on any atom is -0.0329 e. The van der Waals surface area contributed by atoms with Gasteiger partial charge in [-0.15, -0.1) is 0 Å². The van der Waals surface area contributed by atoms with Gasteiger partial charge in [-0.1, -0.05) is 40.0 Å². The van der Waals surface area contributed by atoms with Crippen LogP contribution < -0.4 is 0 Å². The fraction of sp³-hybridized carbons (Fsp3) is 1.00. The molecule has 0 nitrogen and oxygen atoms in total. The first-order chi connectivity index (χ1) is 6.25. The Morgan fingerprint density at radius 2 is 1.92 bits per heavy atom. The van der Waals surface area contributed by atoms with Crippen LogP contribution in [-0.4, -0.2) is 0 Å². The Balaban J connectivity index is 1.88. The minimum atomic E-state index is 1.04. The molecule has 0 aromatic rings. The van der Waals surface area contributed by atoms with Crippen molar-refractivity contribution in [1.29, 1.82) is 0 Å². The van der Waals surface area contributed by atoms with Crippen molar-refractivity contribution >= 4 is 0 Å². The van der Waals surface area contributed by atoms with Gasteiger partial charge in [-0.25, -0.2) is 0 Å². The Labute approximate surface area is 83.1 Å². The van der Waals surface area contributed by atoms with Crippen LogP contribution in [0.15, 0.2) is 0 Å². The van der Waals surface area contributed by atoms with Crippen LogP contribution in [0.2, 0.25) is 0 Å². The first-order valence-electron chi connectivity index (χ1n) is 6.25. The van der Waals surface area contributed by atoms with E-state index < -0.39 is 0 Å². The van der Waals surface area contributed by atoms with Crippen LogP contribution in [0, 0.1) is 29.6 Å². The summed E-state index contributed by atoms with van der Waals surface area (Å²) >= 11 is 0. The number of rotatable bonds is 3. The highest BCUT2D eigenvalue weighted by atomic mass is 14.6. The van der Waals surface area contributed by atoms with E-state index in [9.17, 15) is 0 Å². The van der Waals surface area contributed by atoms with E-state index in [0.29, 0.717) is 0 Å². The van der Waals surface area contributed by atoms with Crippen molar-refractivity contribution in [3.05, 3.63) is 0 Å². The Morgan fingerprint density at radius 3 is 2.62 bits per heavy atom. The van der Waals surface area contributed by atoms with Crippen molar-refractivity contribution in [1.82, 2.24) is 0 Å². The van der Waals surface area contributed by atoms with Gasteiger partial charge in [0, 0.05) is 0 Å². The van der Waals surface area contributed by atoms with E-state index >= 15 is 0 Å². The third kappa shape index (κ3) is 1.43. The molecule has 0 N–H and O–H groups in total. The lowest BCUT2D eigenvalue weighted by Gasteiger charge is -2.49. The Hall–Kier alpha value is 0. The molecule has 2 saturated carbocycles. The highest BCUT2D eigenvalue weighted by molar-refractivity contribution is 5.00. The molecule has 0 heterocycles. The van der Waals surface area contributed by atoms with Crippen molar-refractivity contribution in [2.45, 2.75) is 52.9 Å². The van der Waals surface area contributed by atoms with E-state index in [0.717, 1.165) is 29.6 Å². The van der Waals surface area contributed by atoms with Crippen LogP contribution >= 0.6 is 0 Å². The molecule has 2 aliphatic carbocycles. The molecule has 0 aromatic heterocycles. The summed E-state index contributed by atoms with van der Waals surface area (Å²) in [6, 6.07) is 0. The number of hydrogen-bond acceptors (Lipinski definition) is 0. The molecule has 5 unspecified atom stereocenters. The van der Waals surface area contributed by atoms with E-state index in [-0.39, 0.29) is 0 Å². The smallest absolute Gasteiger partial charge is 0.0329 e. The summed E-state index contributed by atoms with van der Waals surface area (Å²) < 4.78 is 0. The van der Waals surface area contributed by atoms with Crippen LogP contribution in [0.25, 0.3) is 0 Å². The third-order valence-electron chi connectivity index (χ3n) is 4.83. The fourth-order valence-electron chi connectivity index (χ4n) is 4.12. The van der Waals surface area contributed by atoms with Gasteiger partial charge >= 0.3 is 0 Å². The van der Waals surface area contributed by atoms with Crippen molar-refractivity contribution in [2.24, 2.45) is 29.6 Å². The molecular formula is C13H24. The second kappa shape index (κ2) is 3.63. The molecule has 2 fully saturated rings. The number of hydrogen-bond donors (Lipinski definition) is 0. The molecule has 0 bridgehead atoms. The lowest BCUT2D eigenvalue weighted by atomic mass is 9.56. The molecule has 0 heteroatoms. The summed E-state index contributed by atoms with van der Waals surface area (Å²) in [5, 5.41) is 0. The Bertz CT molecular complexity index is 173. The maximum absolute atomic E-state index is 2.50. The zero-order chi connectivity index (χ0) is 9.42. The second-order valence-corrected chi connectivity index (χ2v) is 5.46. The topological polar surface area (TPSA) is 0 Å². The average molecular weight is 180 g/mol. The van der Waals surface area contributed by atoms with Crippen molar-refractivity contribution in [2.75, 3.05) is 0 Å². The Morgan fingerprint density at radius 1 is 1.15 bits per heavy atom. The first-order valence-corrected chi connectivity index (χ1v) is 6.25. The third-order valence-corrected chi connectivity index (χ3v) is 4.83. The van der Waals surface area contributed by atoms with Gasteiger partial charge in [-0.05, 0) is 42.4 Å². The quantitative estimate of drug-likeness (QED) is 0.613. The molecule has 13 heavy (non-hydrogen) atoms. The van der Waals surface area contributed by atoms with Gasteiger partial charge in [-0.3, -0.25) is 0 Å². The van der Waals surface area contributed by atoms with Gasteiger partial charge in [-0.2, -0.15) is 0 Å². The number of fused-ring (bicyclic) bond motifs is 1. The van der Waals surface area contributed by atoms with Crippen LogP contribution in [0.5, 0.6) is 0 Å². The van der Waals surface area contributed by atoms with Gasteiger partial charge in [0.1, 0.15) is 0 Å². The SMILES string of the molecule is CCCCC1C(C)C2C(C)CCC12. The molecule has 5 atom stereocenters. The lowest BCUT2D eigenvalue weighted by Crippen LogP contribution is -2.44. The monoisotopic (exact) mass is 180 g/mol. The zero-order valence-electron chi connectivity index (χ0n) is 9.42. The largest absolute Gasteiger partial charge is 0.0654 e. The van der Waals surface area contributed by atoms with Crippen LogP contribution in [0.3, 0.4) is 0 Å². The molecule has 0 saturated heterocycles. The maximum atomic E-state index is 2.50. The minimum Gasteiger partial charge on any atom is -0.0654 e. The molecule has 0 amide bonds. The molecule has 76 valence electrons. The van der Waals surface area contributed by atoms with Crippen molar-refractivity contribution in [3.8, 4) is 0 Å². The van der Waals surface area contributed by atoms with Crippen LogP contribution in [0.4, 0.5) is 0 Å². The van der Waals surface area contributed by atoms with Crippen molar-refractivity contribution < 1.29 is 0 Å². The summed E-state index contributed by atoms with van der Waals surface area (Å²) in [4.78, 5) is 0. The summed E-state index contributed by atoms with van der Waals surface area (Å²) in [7, 11) is 0. The van der Waals surface area contributed by atoms with Gasteiger partial charge in [0.15, 0.2) is 0 Å². The average Bonchev–Trinajstić information content (AvgIpc) is 2.43.